The molecule has 0 atom stereocenters. The van der Waals surface area contributed by atoms with E-state index in [1.54, 1.807) is 11.3 Å². The van der Waals surface area contributed by atoms with E-state index < -0.39 is 0 Å². The van der Waals surface area contributed by atoms with E-state index in [1.807, 2.05) is 6.92 Å². The van der Waals surface area contributed by atoms with E-state index in [9.17, 15) is 0 Å². The number of thiophene rings is 1. The van der Waals surface area contributed by atoms with Crippen LogP contribution in [0.3, 0.4) is 0 Å². The highest BCUT2D eigenvalue weighted by Gasteiger charge is 2.17. The largest absolute Gasteiger partial charge is 0.271 e. The molecule has 2 heterocycles. The first-order valence-corrected chi connectivity index (χ1v) is 10.1. The zero-order valence-corrected chi connectivity index (χ0v) is 17.3. The van der Waals surface area contributed by atoms with Crippen LogP contribution in [0, 0.1) is 27.7 Å². The fraction of sp³-hybridized carbons (Fsp3) is 0.429. The highest BCUT2D eigenvalue weighted by Crippen LogP contribution is 2.39. The van der Waals surface area contributed by atoms with E-state index in [1.165, 1.54) is 27.8 Å². The van der Waals surface area contributed by atoms with Crippen molar-refractivity contribution in [3.05, 3.63) is 40.0 Å². The molecule has 1 aromatic carbocycles. The summed E-state index contributed by atoms with van der Waals surface area (Å²) in [5.41, 5.74) is 10.4. The van der Waals surface area contributed by atoms with Crippen molar-refractivity contribution in [2.45, 2.75) is 60.5 Å². The van der Waals surface area contributed by atoms with E-state index in [0.717, 1.165) is 34.7 Å². The molecule has 3 rings (SSSR count). The van der Waals surface area contributed by atoms with Crippen molar-refractivity contribution in [3.63, 3.8) is 0 Å². The molecule has 0 saturated heterocycles. The van der Waals surface area contributed by atoms with Crippen molar-refractivity contribution in [2.75, 3.05) is 5.48 Å². The second kappa shape index (κ2) is 7.72. The van der Waals surface area contributed by atoms with Gasteiger partial charge in [0.15, 0.2) is 5.82 Å². The van der Waals surface area contributed by atoms with Gasteiger partial charge in [-0.05, 0) is 57.2 Å². The number of nitrogens with zero attached hydrogens (tertiary/aromatic N) is 2. The normalized spacial score (nSPS) is 11.5. The van der Waals surface area contributed by atoms with E-state index >= 15 is 0 Å². The molecule has 0 saturated carbocycles. The van der Waals surface area contributed by atoms with Crippen molar-refractivity contribution in [1.29, 1.82) is 0 Å². The number of rotatable bonds is 6. The van der Waals surface area contributed by atoms with Crippen molar-refractivity contribution in [2.24, 2.45) is 0 Å². The van der Waals surface area contributed by atoms with Gasteiger partial charge >= 0.3 is 0 Å². The molecular formula is C21H27N3OS. The molecule has 0 radical (unpaired) electrons. The second-order valence-corrected chi connectivity index (χ2v) is 7.76. The Morgan fingerprint density at radius 1 is 1.04 bits per heavy atom. The summed E-state index contributed by atoms with van der Waals surface area (Å²) in [5, 5.41) is 2.19. The highest BCUT2D eigenvalue weighted by atomic mass is 32.1. The first-order chi connectivity index (χ1) is 12.4. The average Bonchev–Trinajstić information content (AvgIpc) is 2.98. The van der Waals surface area contributed by atoms with E-state index in [0.29, 0.717) is 0 Å². The molecule has 0 aliphatic rings. The van der Waals surface area contributed by atoms with E-state index in [-0.39, 0.29) is 6.10 Å². The van der Waals surface area contributed by atoms with Gasteiger partial charge in [0.1, 0.15) is 5.82 Å². The Bertz CT molecular complexity index is 905. The summed E-state index contributed by atoms with van der Waals surface area (Å²) < 4.78 is 1.04. The molecule has 0 fully saturated rings. The predicted molar refractivity (Wildman–Crippen MR) is 111 cm³/mol. The Kier molecular flexibility index (Phi) is 5.58. The SMILES string of the molecule is CCC(CC)ONc1nc(C)nc2c(-c3c(C)cc(C)cc3C)csc12. The molecule has 0 aliphatic carbocycles. The number of benzene rings is 1. The molecule has 26 heavy (non-hydrogen) atoms. The minimum Gasteiger partial charge on any atom is -0.271 e. The van der Waals surface area contributed by atoms with Gasteiger partial charge in [-0.3, -0.25) is 4.84 Å². The summed E-state index contributed by atoms with van der Waals surface area (Å²) in [7, 11) is 0. The molecule has 1 N–H and O–H groups in total. The quantitative estimate of drug-likeness (QED) is 0.531. The minimum absolute atomic E-state index is 0.182. The van der Waals surface area contributed by atoms with Crippen molar-refractivity contribution < 1.29 is 4.84 Å². The molecule has 3 aromatic rings. The third-order valence-electron chi connectivity index (χ3n) is 4.71. The monoisotopic (exact) mass is 369 g/mol. The van der Waals surface area contributed by atoms with Crippen LogP contribution in [-0.4, -0.2) is 16.1 Å². The number of hydrogen-bond acceptors (Lipinski definition) is 5. The predicted octanol–water partition coefficient (Wildman–Crippen LogP) is 6.12. The molecular weight excluding hydrogens is 342 g/mol. The van der Waals surface area contributed by atoms with Gasteiger partial charge in [0, 0.05) is 10.9 Å². The lowest BCUT2D eigenvalue weighted by molar-refractivity contribution is 0.0929. The van der Waals surface area contributed by atoms with E-state index in [2.05, 4.69) is 62.6 Å². The Balaban J connectivity index is 2.08. The molecule has 4 nitrogen and oxygen atoms in total. The summed E-state index contributed by atoms with van der Waals surface area (Å²) >= 11 is 1.67. The average molecular weight is 370 g/mol. The molecule has 0 aliphatic heterocycles. The Hall–Kier alpha value is -1.98. The Morgan fingerprint density at radius 3 is 2.31 bits per heavy atom. The van der Waals surface area contributed by atoms with Crippen LogP contribution in [0.4, 0.5) is 5.82 Å². The fourth-order valence-electron chi connectivity index (χ4n) is 3.48. The van der Waals surface area contributed by atoms with Gasteiger partial charge in [-0.25, -0.2) is 15.4 Å². The minimum atomic E-state index is 0.182. The molecule has 0 spiro atoms. The lowest BCUT2D eigenvalue weighted by Crippen LogP contribution is -2.16. The van der Waals surface area contributed by atoms with Crippen LogP contribution in [0.1, 0.15) is 49.2 Å². The third kappa shape index (κ3) is 3.60. The number of aryl methyl sites for hydroxylation is 4. The van der Waals surface area contributed by atoms with Crippen molar-refractivity contribution in [1.82, 2.24) is 9.97 Å². The van der Waals surface area contributed by atoms with Gasteiger partial charge in [-0.2, -0.15) is 0 Å². The first kappa shape index (κ1) is 18.8. The number of hydrogen-bond donors (Lipinski definition) is 1. The van der Waals surface area contributed by atoms with Gasteiger partial charge in [0.2, 0.25) is 0 Å². The lowest BCUT2D eigenvalue weighted by Gasteiger charge is -2.15. The van der Waals surface area contributed by atoms with Crippen LogP contribution in [0.2, 0.25) is 0 Å². The van der Waals surface area contributed by atoms with Crippen molar-refractivity contribution >= 4 is 27.4 Å². The summed E-state index contributed by atoms with van der Waals surface area (Å²) in [5.74, 6) is 1.51. The molecule has 0 bridgehead atoms. The molecule has 5 heteroatoms. The zero-order valence-electron chi connectivity index (χ0n) is 16.4. The van der Waals surface area contributed by atoms with Gasteiger partial charge in [-0.1, -0.05) is 31.5 Å². The van der Waals surface area contributed by atoms with Crippen LogP contribution in [0.5, 0.6) is 0 Å². The van der Waals surface area contributed by atoms with Crippen LogP contribution in [0.25, 0.3) is 21.3 Å². The molecule has 138 valence electrons. The van der Waals surface area contributed by atoms with E-state index in [4.69, 9.17) is 9.82 Å². The number of aromatic nitrogens is 2. The lowest BCUT2D eigenvalue weighted by atomic mass is 9.95. The number of fused-ring (bicyclic) bond motifs is 1. The highest BCUT2D eigenvalue weighted by molar-refractivity contribution is 7.18. The van der Waals surface area contributed by atoms with Crippen LogP contribution in [0.15, 0.2) is 17.5 Å². The molecule has 0 unspecified atom stereocenters. The maximum Gasteiger partial charge on any atom is 0.171 e. The topological polar surface area (TPSA) is 47.0 Å². The van der Waals surface area contributed by atoms with Gasteiger partial charge in [0.05, 0.1) is 16.3 Å². The van der Waals surface area contributed by atoms with Gasteiger partial charge in [0.25, 0.3) is 0 Å². The summed E-state index contributed by atoms with van der Waals surface area (Å²) in [4.78, 5) is 15.2. The maximum absolute atomic E-state index is 5.83. The smallest absolute Gasteiger partial charge is 0.171 e. The van der Waals surface area contributed by atoms with Gasteiger partial charge in [-0.15, -0.1) is 11.3 Å². The Labute approximate surface area is 159 Å². The maximum atomic E-state index is 5.83. The third-order valence-corrected chi connectivity index (χ3v) is 5.68. The standard InChI is InChI=1S/C21H27N3OS/c1-7-16(8-2)25-24-21-20-19(22-15(6)23-21)17(11-26-20)18-13(4)9-12(3)10-14(18)5/h9-11,16H,7-8H2,1-6H3,(H,22,23,24). The summed E-state index contributed by atoms with van der Waals surface area (Å²) in [6.07, 6.45) is 2.11. The Morgan fingerprint density at radius 2 is 1.69 bits per heavy atom. The van der Waals surface area contributed by atoms with Gasteiger partial charge < -0.3 is 0 Å². The van der Waals surface area contributed by atoms with Crippen LogP contribution < -0.4 is 5.48 Å². The van der Waals surface area contributed by atoms with Crippen LogP contribution >= 0.6 is 11.3 Å². The summed E-state index contributed by atoms with van der Waals surface area (Å²) in [6.45, 7) is 12.7. The second-order valence-electron chi connectivity index (χ2n) is 6.88. The van der Waals surface area contributed by atoms with Crippen molar-refractivity contribution in [3.8, 4) is 11.1 Å². The number of nitrogens with one attached hydrogen (secondary N) is 1. The number of anilines is 1. The molecule has 2 aromatic heterocycles. The first-order valence-electron chi connectivity index (χ1n) is 9.20. The van der Waals surface area contributed by atoms with Crippen LogP contribution in [-0.2, 0) is 4.84 Å². The fourth-order valence-corrected chi connectivity index (χ4v) is 4.41. The zero-order chi connectivity index (χ0) is 18.8. The summed E-state index contributed by atoms with van der Waals surface area (Å²) in [6, 6.07) is 4.46. The molecule has 0 amide bonds.